The van der Waals surface area contributed by atoms with Crippen LogP contribution >= 0.6 is 11.6 Å². The number of amides is 1. The molecule has 0 spiro atoms. The molecular weight excluding hydrogens is 348 g/mol. The molecule has 0 saturated heterocycles. The number of halogens is 1. The minimum atomic E-state index is -0.200. The van der Waals surface area contributed by atoms with E-state index in [9.17, 15) is 4.79 Å². The second-order valence-electron chi connectivity index (χ2n) is 5.77. The summed E-state index contributed by atoms with van der Waals surface area (Å²) in [6, 6.07) is 15.1. The summed E-state index contributed by atoms with van der Waals surface area (Å²) >= 11 is 5.88. The van der Waals surface area contributed by atoms with E-state index in [4.69, 9.17) is 11.6 Å². The molecular formula is C20H19ClN4O. The Hall–Kier alpha value is -2.92. The number of rotatable bonds is 7. The lowest BCUT2D eigenvalue weighted by molar-refractivity contribution is 0.0946. The molecule has 26 heavy (non-hydrogen) atoms. The summed E-state index contributed by atoms with van der Waals surface area (Å²) in [7, 11) is 0. The Kier molecular flexibility index (Phi) is 6.17. The monoisotopic (exact) mass is 366 g/mol. The normalized spacial score (nSPS) is 10.3. The maximum Gasteiger partial charge on any atom is 0.270 e. The van der Waals surface area contributed by atoms with Gasteiger partial charge in [0.15, 0.2) is 0 Å². The first-order valence-corrected chi connectivity index (χ1v) is 8.70. The maximum absolute atomic E-state index is 12.1. The van der Waals surface area contributed by atoms with E-state index in [0.717, 1.165) is 29.2 Å². The predicted molar refractivity (Wildman–Crippen MR) is 103 cm³/mol. The third kappa shape index (κ3) is 5.29. The van der Waals surface area contributed by atoms with Crippen LogP contribution in [0.2, 0.25) is 5.02 Å². The van der Waals surface area contributed by atoms with Crippen LogP contribution in [0.4, 0.5) is 5.69 Å². The summed E-state index contributed by atoms with van der Waals surface area (Å²) in [5.41, 5.74) is 3.47. The van der Waals surface area contributed by atoms with Gasteiger partial charge in [-0.25, -0.2) is 4.98 Å². The van der Waals surface area contributed by atoms with Gasteiger partial charge in [0.2, 0.25) is 0 Å². The van der Waals surface area contributed by atoms with Crippen molar-refractivity contribution >= 4 is 23.2 Å². The molecule has 6 heteroatoms. The van der Waals surface area contributed by atoms with Gasteiger partial charge >= 0.3 is 0 Å². The van der Waals surface area contributed by atoms with Crippen molar-refractivity contribution in [2.75, 3.05) is 11.9 Å². The van der Waals surface area contributed by atoms with Crippen LogP contribution in [-0.4, -0.2) is 22.4 Å². The summed E-state index contributed by atoms with van der Waals surface area (Å²) in [6.45, 7) is 1.22. The van der Waals surface area contributed by atoms with E-state index in [0.29, 0.717) is 12.2 Å². The molecule has 2 N–H and O–H groups in total. The van der Waals surface area contributed by atoms with Gasteiger partial charge in [0.05, 0.1) is 11.9 Å². The van der Waals surface area contributed by atoms with Gasteiger partial charge in [-0.3, -0.25) is 9.78 Å². The van der Waals surface area contributed by atoms with Crippen molar-refractivity contribution in [1.29, 1.82) is 0 Å². The van der Waals surface area contributed by atoms with Gasteiger partial charge in [0.25, 0.3) is 5.91 Å². The van der Waals surface area contributed by atoms with Crippen LogP contribution in [0.15, 0.2) is 67.1 Å². The van der Waals surface area contributed by atoms with Crippen molar-refractivity contribution in [3.8, 4) is 0 Å². The highest BCUT2D eigenvalue weighted by atomic mass is 35.5. The number of hydrogen-bond donors (Lipinski definition) is 2. The molecule has 3 aromatic rings. The Labute approximate surface area is 157 Å². The summed E-state index contributed by atoms with van der Waals surface area (Å²) in [4.78, 5) is 20.3. The van der Waals surface area contributed by atoms with E-state index in [1.54, 1.807) is 24.7 Å². The molecule has 0 atom stereocenters. The lowest BCUT2D eigenvalue weighted by Crippen LogP contribution is -2.23. The molecule has 0 bridgehead atoms. The number of benzene rings is 1. The van der Waals surface area contributed by atoms with Gasteiger partial charge < -0.3 is 10.6 Å². The van der Waals surface area contributed by atoms with Gasteiger partial charge in [0, 0.05) is 30.5 Å². The average molecular weight is 367 g/mol. The highest BCUT2D eigenvalue weighted by Gasteiger charge is 2.06. The van der Waals surface area contributed by atoms with Crippen LogP contribution in [0.25, 0.3) is 0 Å². The fourth-order valence-corrected chi connectivity index (χ4v) is 2.53. The Bertz CT molecular complexity index is 836. The third-order valence-electron chi connectivity index (χ3n) is 3.85. The second kappa shape index (κ2) is 8.97. The second-order valence-corrected chi connectivity index (χ2v) is 6.21. The van der Waals surface area contributed by atoms with Crippen molar-refractivity contribution in [1.82, 2.24) is 15.3 Å². The van der Waals surface area contributed by atoms with Gasteiger partial charge in [0.1, 0.15) is 5.69 Å². The van der Waals surface area contributed by atoms with Gasteiger partial charge in [-0.15, -0.1) is 0 Å². The van der Waals surface area contributed by atoms with E-state index in [-0.39, 0.29) is 5.91 Å². The molecule has 5 nitrogen and oxygen atoms in total. The molecule has 0 radical (unpaired) electrons. The molecule has 0 aliphatic heterocycles. The topological polar surface area (TPSA) is 66.9 Å². The number of pyridine rings is 2. The number of carbonyl (C=O) groups excluding carboxylic acids is 1. The number of hydrogen-bond acceptors (Lipinski definition) is 4. The zero-order valence-corrected chi connectivity index (χ0v) is 14.9. The van der Waals surface area contributed by atoms with Crippen LogP contribution in [0.1, 0.15) is 21.6 Å². The summed E-state index contributed by atoms with van der Waals surface area (Å²) < 4.78 is 0. The van der Waals surface area contributed by atoms with Gasteiger partial charge in [-0.2, -0.15) is 0 Å². The molecule has 0 unspecified atom stereocenters. The van der Waals surface area contributed by atoms with Crippen molar-refractivity contribution in [2.45, 2.75) is 13.0 Å². The fraction of sp³-hybridized carbons (Fsp3) is 0.150. The number of carbonyl (C=O) groups is 1. The lowest BCUT2D eigenvalue weighted by Gasteiger charge is -2.08. The molecule has 0 saturated carbocycles. The largest absolute Gasteiger partial charge is 0.383 e. The standard InChI is InChI=1S/C20H19ClN4O/c21-17-3-1-15(2-4-17)9-12-23-18-5-6-19(24-14-18)20(26)25-13-16-7-10-22-11-8-16/h1-8,10-11,14,23H,9,12-13H2,(H,25,26). The average Bonchev–Trinajstić information content (AvgIpc) is 2.69. The molecule has 2 heterocycles. The van der Waals surface area contributed by atoms with Crippen molar-refractivity contribution < 1.29 is 4.79 Å². The van der Waals surface area contributed by atoms with Crippen LogP contribution in [0, 0.1) is 0 Å². The Morgan fingerprint density at radius 3 is 2.42 bits per heavy atom. The Morgan fingerprint density at radius 2 is 1.73 bits per heavy atom. The highest BCUT2D eigenvalue weighted by molar-refractivity contribution is 6.30. The first-order valence-electron chi connectivity index (χ1n) is 8.32. The van der Waals surface area contributed by atoms with Crippen molar-refractivity contribution in [3.05, 3.63) is 89.0 Å². The smallest absolute Gasteiger partial charge is 0.270 e. The van der Waals surface area contributed by atoms with Crippen LogP contribution in [0.5, 0.6) is 0 Å². The SMILES string of the molecule is O=C(NCc1ccncc1)c1ccc(NCCc2ccc(Cl)cc2)cn1. The number of nitrogens with zero attached hydrogens (tertiary/aromatic N) is 2. The minimum Gasteiger partial charge on any atom is -0.383 e. The lowest BCUT2D eigenvalue weighted by atomic mass is 10.1. The fourth-order valence-electron chi connectivity index (χ4n) is 2.41. The van der Waals surface area contributed by atoms with E-state index in [2.05, 4.69) is 20.6 Å². The summed E-state index contributed by atoms with van der Waals surface area (Å²) in [5.74, 6) is -0.200. The highest BCUT2D eigenvalue weighted by Crippen LogP contribution is 2.11. The van der Waals surface area contributed by atoms with E-state index in [1.807, 2.05) is 42.5 Å². The maximum atomic E-state index is 12.1. The zero-order chi connectivity index (χ0) is 18.2. The predicted octanol–water partition coefficient (Wildman–Crippen LogP) is 3.71. The quantitative estimate of drug-likeness (QED) is 0.668. The van der Waals surface area contributed by atoms with Crippen molar-refractivity contribution in [3.63, 3.8) is 0 Å². The first-order chi connectivity index (χ1) is 12.7. The molecule has 0 fully saturated rings. The van der Waals surface area contributed by atoms with E-state index >= 15 is 0 Å². The summed E-state index contributed by atoms with van der Waals surface area (Å²) in [5, 5.41) is 6.88. The van der Waals surface area contributed by atoms with Crippen molar-refractivity contribution in [2.24, 2.45) is 0 Å². The molecule has 1 aromatic carbocycles. The van der Waals surface area contributed by atoms with Crippen LogP contribution in [-0.2, 0) is 13.0 Å². The molecule has 1 amide bonds. The number of aromatic nitrogens is 2. The van der Waals surface area contributed by atoms with Crippen LogP contribution in [0.3, 0.4) is 0 Å². The van der Waals surface area contributed by atoms with Gasteiger partial charge in [-0.1, -0.05) is 23.7 Å². The number of anilines is 1. The summed E-state index contributed by atoms with van der Waals surface area (Å²) in [6.07, 6.45) is 5.95. The van der Waals surface area contributed by atoms with E-state index < -0.39 is 0 Å². The Morgan fingerprint density at radius 1 is 0.962 bits per heavy atom. The molecule has 3 rings (SSSR count). The molecule has 0 aliphatic carbocycles. The van der Waals surface area contributed by atoms with E-state index in [1.165, 1.54) is 5.56 Å². The van der Waals surface area contributed by atoms with Gasteiger partial charge in [-0.05, 0) is 53.9 Å². The molecule has 132 valence electrons. The third-order valence-corrected chi connectivity index (χ3v) is 4.11. The Balaban J connectivity index is 1.46. The first kappa shape index (κ1) is 17.9. The number of nitrogens with one attached hydrogen (secondary N) is 2. The zero-order valence-electron chi connectivity index (χ0n) is 14.2. The van der Waals surface area contributed by atoms with Crippen LogP contribution < -0.4 is 10.6 Å². The molecule has 0 aliphatic rings. The minimum absolute atomic E-state index is 0.200. The molecule has 2 aromatic heterocycles.